The van der Waals surface area contributed by atoms with Crippen LogP contribution in [0.3, 0.4) is 0 Å². The van der Waals surface area contributed by atoms with Gasteiger partial charge in [0.2, 0.25) is 0 Å². The number of hydrogen-bond acceptors (Lipinski definition) is 2. The van der Waals surface area contributed by atoms with Crippen molar-refractivity contribution >= 4 is 10.9 Å². The molecule has 0 radical (unpaired) electrons. The van der Waals surface area contributed by atoms with Crippen molar-refractivity contribution in [2.75, 3.05) is 13.6 Å². The molecule has 1 fully saturated rings. The minimum absolute atomic E-state index is 0.334. The Bertz CT molecular complexity index is 558. The topological polar surface area (TPSA) is 34.2 Å². The lowest BCUT2D eigenvalue weighted by molar-refractivity contribution is 0.164. The maximum atomic E-state index is 6.03. The van der Waals surface area contributed by atoms with E-state index >= 15 is 0 Å². The van der Waals surface area contributed by atoms with E-state index in [1.807, 2.05) is 0 Å². The highest BCUT2D eigenvalue weighted by atomic mass is 15.2. The number of piperidine rings is 1. The molecule has 3 heteroatoms. The summed E-state index contributed by atoms with van der Waals surface area (Å²) >= 11 is 0. The molecular formula is C15H21N3. The van der Waals surface area contributed by atoms with Crippen LogP contribution in [0.5, 0.6) is 0 Å². The fraction of sp³-hybridized carbons (Fsp3) is 0.467. The molecule has 0 spiro atoms. The van der Waals surface area contributed by atoms with Gasteiger partial charge in [-0.05, 0) is 37.4 Å². The summed E-state index contributed by atoms with van der Waals surface area (Å²) in [5.74, 6) is 0. The number of likely N-dealkylation sites (tertiary alicyclic amines) is 1. The number of nitrogens with two attached hydrogens (primary N) is 1. The monoisotopic (exact) mass is 243 g/mol. The number of nitrogens with zero attached hydrogens (tertiary/aromatic N) is 2. The fourth-order valence-electron chi connectivity index (χ4n) is 3.18. The first-order valence-electron chi connectivity index (χ1n) is 6.67. The van der Waals surface area contributed by atoms with Gasteiger partial charge in [0, 0.05) is 36.9 Å². The third kappa shape index (κ3) is 1.84. The summed E-state index contributed by atoms with van der Waals surface area (Å²) in [6, 6.07) is 11.7. The molecule has 1 aromatic heterocycles. The van der Waals surface area contributed by atoms with E-state index in [1.165, 1.54) is 16.6 Å². The van der Waals surface area contributed by atoms with Crippen LogP contribution < -0.4 is 5.73 Å². The van der Waals surface area contributed by atoms with E-state index in [0.29, 0.717) is 12.1 Å². The molecule has 2 unspecified atom stereocenters. The van der Waals surface area contributed by atoms with Crippen molar-refractivity contribution in [2.45, 2.75) is 24.9 Å². The molecule has 2 atom stereocenters. The van der Waals surface area contributed by atoms with Crippen LogP contribution in [0.4, 0.5) is 0 Å². The fourth-order valence-corrected chi connectivity index (χ4v) is 3.18. The van der Waals surface area contributed by atoms with Crippen LogP contribution in [0.25, 0.3) is 10.9 Å². The number of likely N-dealkylation sites (N-methyl/N-ethyl adjacent to an activating group) is 1. The zero-order valence-electron chi connectivity index (χ0n) is 11.1. The third-order valence-electron chi connectivity index (χ3n) is 4.20. The lowest BCUT2D eigenvalue weighted by atomic mass is 9.97. The van der Waals surface area contributed by atoms with Crippen LogP contribution >= 0.6 is 0 Å². The predicted molar refractivity (Wildman–Crippen MR) is 75.5 cm³/mol. The molecule has 1 aliphatic heterocycles. The van der Waals surface area contributed by atoms with Gasteiger partial charge in [0.1, 0.15) is 0 Å². The van der Waals surface area contributed by atoms with Crippen LogP contribution in [-0.2, 0) is 7.05 Å². The minimum atomic E-state index is 0.334. The van der Waals surface area contributed by atoms with E-state index in [2.05, 4.69) is 53.9 Å². The normalized spacial score (nSPS) is 25.7. The average Bonchev–Trinajstić information content (AvgIpc) is 2.68. The van der Waals surface area contributed by atoms with Crippen LogP contribution in [0.1, 0.15) is 24.6 Å². The van der Waals surface area contributed by atoms with Crippen molar-refractivity contribution in [1.82, 2.24) is 9.47 Å². The lowest BCUT2D eigenvalue weighted by Crippen LogP contribution is -2.42. The van der Waals surface area contributed by atoms with E-state index in [9.17, 15) is 0 Å². The van der Waals surface area contributed by atoms with Gasteiger partial charge in [-0.1, -0.05) is 18.2 Å². The van der Waals surface area contributed by atoms with Crippen LogP contribution in [0, 0.1) is 0 Å². The lowest BCUT2D eigenvalue weighted by Gasteiger charge is -2.36. The van der Waals surface area contributed by atoms with Gasteiger partial charge in [0.05, 0.1) is 0 Å². The number of benzene rings is 1. The van der Waals surface area contributed by atoms with E-state index < -0.39 is 0 Å². The third-order valence-corrected chi connectivity index (χ3v) is 4.20. The number of rotatable bonds is 1. The summed E-state index contributed by atoms with van der Waals surface area (Å²) in [6.45, 7) is 0.992. The number of aromatic nitrogens is 1. The summed E-state index contributed by atoms with van der Waals surface area (Å²) in [6.07, 6.45) is 2.28. The van der Waals surface area contributed by atoms with Crippen molar-refractivity contribution in [3.05, 3.63) is 36.0 Å². The van der Waals surface area contributed by atoms with Crippen molar-refractivity contribution in [3.63, 3.8) is 0 Å². The minimum Gasteiger partial charge on any atom is -0.346 e. The van der Waals surface area contributed by atoms with Crippen molar-refractivity contribution in [2.24, 2.45) is 12.8 Å². The Morgan fingerprint density at radius 3 is 2.67 bits per heavy atom. The Morgan fingerprint density at radius 1 is 1.17 bits per heavy atom. The first kappa shape index (κ1) is 11.8. The molecule has 2 aromatic rings. The summed E-state index contributed by atoms with van der Waals surface area (Å²) in [5, 5.41) is 1.33. The zero-order valence-corrected chi connectivity index (χ0v) is 11.1. The molecular weight excluding hydrogens is 222 g/mol. The highest BCUT2D eigenvalue weighted by molar-refractivity contribution is 5.81. The van der Waals surface area contributed by atoms with Gasteiger partial charge >= 0.3 is 0 Å². The Balaban J connectivity index is 2.01. The smallest absolute Gasteiger partial charge is 0.0498 e. The summed E-state index contributed by atoms with van der Waals surface area (Å²) in [4.78, 5) is 2.39. The Kier molecular flexibility index (Phi) is 2.88. The molecule has 0 amide bonds. The standard InChI is InChI=1S/C15H21N3/c1-17-10-12(16)7-8-14(17)15-9-11-5-3-4-6-13(11)18(15)2/h3-6,9,12,14H,7-8,10,16H2,1-2H3. The molecule has 1 aliphatic rings. The van der Waals surface area contributed by atoms with E-state index in [0.717, 1.165) is 19.4 Å². The molecule has 96 valence electrons. The van der Waals surface area contributed by atoms with Crippen molar-refractivity contribution < 1.29 is 0 Å². The summed E-state index contributed by atoms with van der Waals surface area (Å²) in [7, 11) is 4.35. The molecule has 3 nitrogen and oxygen atoms in total. The van der Waals surface area contributed by atoms with Gasteiger partial charge in [0.15, 0.2) is 0 Å². The van der Waals surface area contributed by atoms with E-state index in [-0.39, 0.29) is 0 Å². The number of fused-ring (bicyclic) bond motifs is 1. The van der Waals surface area contributed by atoms with Gasteiger partial charge < -0.3 is 10.3 Å². The van der Waals surface area contributed by atoms with Crippen molar-refractivity contribution in [3.8, 4) is 0 Å². The molecule has 0 bridgehead atoms. The van der Waals surface area contributed by atoms with Gasteiger partial charge in [-0.3, -0.25) is 4.90 Å². The first-order valence-corrected chi connectivity index (χ1v) is 6.67. The number of hydrogen-bond donors (Lipinski definition) is 1. The quantitative estimate of drug-likeness (QED) is 0.833. The largest absolute Gasteiger partial charge is 0.346 e. The molecule has 2 heterocycles. The SMILES string of the molecule is CN1CC(N)CCC1c1cc2ccccc2n1C. The van der Waals surface area contributed by atoms with Crippen LogP contribution in [0.15, 0.2) is 30.3 Å². The molecule has 3 rings (SSSR count). The Labute approximate surface area is 108 Å². The molecule has 1 aromatic carbocycles. The molecule has 2 N–H and O–H groups in total. The van der Waals surface area contributed by atoms with Gasteiger partial charge in [-0.25, -0.2) is 0 Å². The molecule has 0 saturated carbocycles. The zero-order chi connectivity index (χ0) is 12.7. The number of aryl methyl sites for hydroxylation is 1. The van der Waals surface area contributed by atoms with Crippen molar-refractivity contribution in [1.29, 1.82) is 0 Å². The van der Waals surface area contributed by atoms with E-state index in [4.69, 9.17) is 5.73 Å². The van der Waals surface area contributed by atoms with Crippen LogP contribution in [-0.4, -0.2) is 29.1 Å². The average molecular weight is 243 g/mol. The molecule has 0 aliphatic carbocycles. The second-order valence-corrected chi connectivity index (χ2v) is 5.48. The Morgan fingerprint density at radius 2 is 1.94 bits per heavy atom. The maximum absolute atomic E-state index is 6.03. The molecule has 18 heavy (non-hydrogen) atoms. The van der Waals surface area contributed by atoms with Gasteiger partial charge in [-0.2, -0.15) is 0 Å². The highest BCUT2D eigenvalue weighted by Crippen LogP contribution is 2.32. The Hall–Kier alpha value is -1.32. The summed E-state index contributed by atoms with van der Waals surface area (Å²) in [5.41, 5.74) is 8.75. The number of para-hydroxylation sites is 1. The first-order chi connectivity index (χ1) is 8.66. The summed E-state index contributed by atoms with van der Waals surface area (Å²) < 4.78 is 2.33. The van der Waals surface area contributed by atoms with Gasteiger partial charge in [0.25, 0.3) is 0 Å². The van der Waals surface area contributed by atoms with E-state index in [1.54, 1.807) is 0 Å². The molecule has 1 saturated heterocycles. The maximum Gasteiger partial charge on any atom is 0.0498 e. The van der Waals surface area contributed by atoms with Crippen LogP contribution in [0.2, 0.25) is 0 Å². The second-order valence-electron chi connectivity index (χ2n) is 5.48. The van der Waals surface area contributed by atoms with Gasteiger partial charge in [-0.15, -0.1) is 0 Å². The highest BCUT2D eigenvalue weighted by Gasteiger charge is 2.27. The predicted octanol–water partition coefficient (Wildman–Crippen LogP) is 2.27. The second kappa shape index (κ2) is 4.41.